The van der Waals surface area contributed by atoms with E-state index in [0.717, 1.165) is 24.8 Å². The molecule has 1 aromatic carbocycles. The Hall–Kier alpha value is -2.47. The first-order chi connectivity index (χ1) is 12.4. The maximum absolute atomic E-state index is 12.4. The Morgan fingerprint density at radius 1 is 1.23 bits per heavy atom. The highest BCUT2D eigenvalue weighted by Crippen LogP contribution is 2.33. The Morgan fingerprint density at radius 3 is 2.65 bits per heavy atom. The number of carbonyl (C=O) groups is 3. The second-order valence-electron chi connectivity index (χ2n) is 6.66. The van der Waals surface area contributed by atoms with E-state index in [1.54, 1.807) is 35.6 Å². The minimum atomic E-state index is -0.430. The van der Waals surface area contributed by atoms with Gasteiger partial charge in [0.15, 0.2) is 12.4 Å². The average molecular weight is 371 g/mol. The Kier molecular flexibility index (Phi) is 5.52. The molecule has 1 aliphatic rings. The van der Waals surface area contributed by atoms with Crippen LogP contribution in [0.15, 0.2) is 29.6 Å². The van der Waals surface area contributed by atoms with Gasteiger partial charge in [0.2, 0.25) is 5.91 Å². The van der Waals surface area contributed by atoms with Gasteiger partial charge in [-0.25, -0.2) is 4.79 Å². The van der Waals surface area contributed by atoms with Gasteiger partial charge in [0, 0.05) is 28.4 Å². The van der Waals surface area contributed by atoms with Gasteiger partial charge in [-0.2, -0.15) is 0 Å². The number of Topliss-reactive ketones (excluding diaryl/α,β-unsaturated/α-hetero) is 1. The zero-order valence-corrected chi connectivity index (χ0v) is 15.7. The summed E-state index contributed by atoms with van der Waals surface area (Å²) in [5.41, 5.74) is 2.74. The number of ether oxygens (including phenoxy) is 1. The number of anilines is 1. The van der Waals surface area contributed by atoms with Crippen molar-refractivity contribution in [2.45, 2.75) is 33.1 Å². The molecule has 0 saturated carbocycles. The first-order valence-electron chi connectivity index (χ1n) is 8.61. The monoisotopic (exact) mass is 371 g/mol. The average Bonchev–Trinajstić information content (AvgIpc) is 3.02. The van der Waals surface area contributed by atoms with Gasteiger partial charge < -0.3 is 10.1 Å². The van der Waals surface area contributed by atoms with Crippen LogP contribution in [0.4, 0.5) is 5.69 Å². The Labute approximate surface area is 156 Å². The summed E-state index contributed by atoms with van der Waals surface area (Å²) in [5.74, 6) is -0.232. The van der Waals surface area contributed by atoms with E-state index < -0.39 is 5.97 Å². The first kappa shape index (κ1) is 18.3. The quantitative estimate of drug-likeness (QED) is 0.640. The smallest absolute Gasteiger partial charge is 0.339 e. The van der Waals surface area contributed by atoms with E-state index in [1.807, 2.05) is 5.38 Å². The zero-order valence-electron chi connectivity index (χ0n) is 14.8. The van der Waals surface area contributed by atoms with E-state index in [4.69, 9.17) is 4.74 Å². The third-order valence-corrected chi connectivity index (χ3v) is 5.53. The van der Waals surface area contributed by atoms with Crippen LogP contribution in [0.5, 0.6) is 0 Å². The zero-order chi connectivity index (χ0) is 18.7. The molecule has 0 fully saturated rings. The van der Waals surface area contributed by atoms with Crippen LogP contribution in [-0.4, -0.2) is 24.3 Å². The summed E-state index contributed by atoms with van der Waals surface area (Å²) in [6.07, 6.45) is 2.97. The predicted molar refractivity (Wildman–Crippen MR) is 101 cm³/mol. The molecule has 1 unspecified atom stereocenters. The van der Waals surface area contributed by atoms with Crippen molar-refractivity contribution < 1.29 is 19.1 Å². The minimum absolute atomic E-state index is 0.175. The third kappa shape index (κ3) is 4.19. The maximum Gasteiger partial charge on any atom is 0.339 e. The third-order valence-electron chi connectivity index (χ3n) is 4.48. The number of esters is 1. The lowest BCUT2D eigenvalue weighted by molar-refractivity contribution is -0.114. The summed E-state index contributed by atoms with van der Waals surface area (Å²) in [4.78, 5) is 36.8. The molecule has 1 N–H and O–H groups in total. The molecule has 0 radical (unpaired) electrons. The molecule has 5 nitrogen and oxygen atoms in total. The Morgan fingerprint density at radius 2 is 1.96 bits per heavy atom. The second kappa shape index (κ2) is 7.83. The number of thiophene rings is 1. The topological polar surface area (TPSA) is 72.5 Å². The fraction of sp³-hybridized carbons (Fsp3) is 0.350. The van der Waals surface area contributed by atoms with Crippen LogP contribution in [0.3, 0.4) is 0 Å². The molecule has 136 valence electrons. The SMILES string of the molecule is CC(=O)Nc1ccc(C(=O)COC(=O)c2csc3c2CCC(C)C3)cc1. The van der Waals surface area contributed by atoms with E-state index in [-0.39, 0.29) is 18.3 Å². The van der Waals surface area contributed by atoms with Gasteiger partial charge in [-0.3, -0.25) is 9.59 Å². The molecule has 0 saturated heterocycles. The maximum atomic E-state index is 12.4. The molecule has 1 atom stereocenters. The molecular formula is C20H21NO4S. The number of amides is 1. The lowest BCUT2D eigenvalue weighted by atomic mass is 9.88. The molecular weight excluding hydrogens is 350 g/mol. The standard InChI is InChI=1S/C20H21NO4S/c1-12-3-8-16-17(11-26-19(16)9-12)20(24)25-10-18(23)14-4-6-15(7-5-14)21-13(2)22/h4-7,11-12H,3,8-10H2,1-2H3,(H,21,22). The van der Waals surface area contributed by atoms with E-state index in [0.29, 0.717) is 22.7 Å². The second-order valence-corrected chi connectivity index (χ2v) is 7.62. The Balaban J connectivity index is 1.59. The molecule has 1 aromatic heterocycles. The van der Waals surface area contributed by atoms with Crippen molar-refractivity contribution in [1.29, 1.82) is 0 Å². The molecule has 0 bridgehead atoms. The lowest BCUT2D eigenvalue weighted by Crippen LogP contribution is -2.17. The van der Waals surface area contributed by atoms with Gasteiger partial charge >= 0.3 is 5.97 Å². The molecule has 6 heteroatoms. The number of carbonyl (C=O) groups excluding carboxylic acids is 3. The van der Waals surface area contributed by atoms with Crippen LogP contribution in [0, 0.1) is 5.92 Å². The van der Waals surface area contributed by atoms with Crippen LogP contribution in [0.2, 0.25) is 0 Å². The molecule has 2 aromatic rings. The molecule has 0 aliphatic heterocycles. The summed E-state index contributed by atoms with van der Waals surface area (Å²) in [6, 6.07) is 6.50. The normalized spacial score (nSPS) is 15.8. The fourth-order valence-corrected chi connectivity index (χ4v) is 4.32. The van der Waals surface area contributed by atoms with E-state index in [2.05, 4.69) is 12.2 Å². The van der Waals surface area contributed by atoms with Gasteiger partial charge in [-0.05, 0) is 55.0 Å². The summed E-state index contributed by atoms with van der Waals surface area (Å²) in [5, 5.41) is 4.48. The van der Waals surface area contributed by atoms with Crippen LogP contribution < -0.4 is 5.32 Å². The highest BCUT2D eigenvalue weighted by Gasteiger charge is 2.24. The minimum Gasteiger partial charge on any atom is -0.454 e. The van der Waals surface area contributed by atoms with Crippen molar-refractivity contribution in [3.05, 3.63) is 51.2 Å². The molecule has 1 heterocycles. The number of nitrogens with one attached hydrogen (secondary N) is 1. The highest BCUT2D eigenvalue weighted by molar-refractivity contribution is 7.10. The van der Waals surface area contributed by atoms with Crippen molar-refractivity contribution in [3.63, 3.8) is 0 Å². The van der Waals surface area contributed by atoms with Gasteiger partial charge in [0.25, 0.3) is 0 Å². The predicted octanol–water partition coefficient (Wildman–Crippen LogP) is 3.87. The van der Waals surface area contributed by atoms with E-state index >= 15 is 0 Å². The van der Waals surface area contributed by atoms with Crippen molar-refractivity contribution in [3.8, 4) is 0 Å². The summed E-state index contributed by atoms with van der Waals surface area (Å²) >= 11 is 1.60. The van der Waals surface area contributed by atoms with Crippen molar-refractivity contribution >= 4 is 34.7 Å². The number of fused-ring (bicyclic) bond motifs is 1. The first-order valence-corrected chi connectivity index (χ1v) is 9.49. The van der Waals surface area contributed by atoms with Gasteiger partial charge in [0.1, 0.15) is 0 Å². The lowest BCUT2D eigenvalue weighted by Gasteiger charge is -2.18. The summed E-state index contributed by atoms with van der Waals surface area (Å²) in [7, 11) is 0. The van der Waals surface area contributed by atoms with Crippen LogP contribution >= 0.6 is 11.3 Å². The van der Waals surface area contributed by atoms with Gasteiger partial charge in [0.05, 0.1) is 5.56 Å². The van der Waals surface area contributed by atoms with Crippen molar-refractivity contribution in [2.24, 2.45) is 5.92 Å². The van der Waals surface area contributed by atoms with E-state index in [1.165, 1.54) is 11.8 Å². The van der Waals surface area contributed by atoms with Crippen LogP contribution in [-0.2, 0) is 22.4 Å². The Bertz CT molecular complexity index is 838. The summed E-state index contributed by atoms with van der Waals surface area (Å²) in [6.45, 7) is 3.35. The number of rotatable bonds is 5. The number of hydrogen-bond acceptors (Lipinski definition) is 5. The molecule has 1 amide bonds. The van der Waals surface area contributed by atoms with Crippen molar-refractivity contribution in [2.75, 3.05) is 11.9 Å². The highest BCUT2D eigenvalue weighted by atomic mass is 32.1. The van der Waals surface area contributed by atoms with Gasteiger partial charge in [-0.1, -0.05) is 6.92 Å². The van der Waals surface area contributed by atoms with Crippen LogP contribution in [0.25, 0.3) is 0 Å². The molecule has 26 heavy (non-hydrogen) atoms. The number of hydrogen-bond donors (Lipinski definition) is 1. The van der Waals surface area contributed by atoms with Crippen LogP contribution in [0.1, 0.15) is 51.4 Å². The number of benzene rings is 1. The number of ketones is 1. The largest absolute Gasteiger partial charge is 0.454 e. The van der Waals surface area contributed by atoms with E-state index in [9.17, 15) is 14.4 Å². The van der Waals surface area contributed by atoms with Gasteiger partial charge in [-0.15, -0.1) is 11.3 Å². The summed E-state index contributed by atoms with van der Waals surface area (Å²) < 4.78 is 5.24. The fourth-order valence-electron chi connectivity index (χ4n) is 3.08. The molecule has 0 spiro atoms. The molecule has 3 rings (SSSR count). The van der Waals surface area contributed by atoms with Crippen molar-refractivity contribution in [1.82, 2.24) is 0 Å². The molecule has 1 aliphatic carbocycles.